The molecular weight excluding hydrogens is 188 g/mol. The quantitative estimate of drug-likeness (QED) is 0.347. The number of methoxy groups -OCH3 is 1. The van der Waals surface area contributed by atoms with E-state index in [4.69, 9.17) is 0 Å². The molecule has 0 bridgehead atoms. The minimum absolute atomic E-state index is 0.347. The van der Waals surface area contributed by atoms with Crippen LogP contribution in [0.5, 0.6) is 0 Å². The van der Waals surface area contributed by atoms with Gasteiger partial charge in [-0.25, -0.2) is 4.79 Å². The molecule has 84 valence electrons. The lowest BCUT2D eigenvalue weighted by Gasteiger charge is -2.34. The highest BCUT2D eigenvalue weighted by Crippen LogP contribution is 2.37. The fraction of sp³-hybridized carbons (Fsp3) is 0.769. The lowest BCUT2D eigenvalue weighted by Crippen LogP contribution is -2.27. The summed E-state index contributed by atoms with van der Waals surface area (Å²) in [7, 11) is 1.37. The summed E-state index contributed by atoms with van der Waals surface area (Å²) >= 11 is 0. The van der Waals surface area contributed by atoms with Crippen LogP contribution in [-0.2, 0) is 9.53 Å². The second-order valence-corrected chi connectivity index (χ2v) is 4.82. The predicted octanol–water partition coefficient (Wildman–Crippen LogP) is 2.48. The third kappa shape index (κ3) is 3.27. The topological polar surface area (TPSA) is 26.3 Å². The van der Waals surface area contributed by atoms with Gasteiger partial charge in [0.25, 0.3) is 0 Å². The summed E-state index contributed by atoms with van der Waals surface area (Å²) in [6, 6.07) is 0. The third-order valence-corrected chi connectivity index (χ3v) is 3.30. The first-order valence-electron chi connectivity index (χ1n) is 5.64. The molecular formula is C13H20O2. The van der Waals surface area contributed by atoms with Crippen LogP contribution in [0, 0.1) is 35.5 Å². The first-order valence-corrected chi connectivity index (χ1v) is 5.64. The van der Waals surface area contributed by atoms with Gasteiger partial charge in [0.15, 0.2) is 0 Å². The zero-order valence-electron chi connectivity index (χ0n) is 10.0. The summed E-state index contributed by atoms with van der Waals surface area (Å²) in [5.74, 6) is 7.51. The van der Waals surface area contributed by atoms with Crippen molar-refractivity contribution in [3.8, 4) is 11.8 Å². The SMILES string of the molecule is COC(=O)C#CC1C(C)CC(C)CC1C. The summed E-state index contributed by atoms with van der Waals surface area (Å²) in [5, 5.41) is 0. The number of esters is 1. The van der Waals surface area contributed by atoms with E-state index in [1.165, 1.54) is 20.0 Å². The second kappa shape index (κ2) is 5.21. The number of ether oxygens (including phenoxy) is 1. The van der Waals surface area contributed by atoms with Gasteiger partial charge in [0.1, 0.15) is 0 Å². The van der Waals surface area contributed by atoms with Gasteiger partial charge in [0.2, 0.25) is 0 Å². The van der Waals surface area contributed by atoms with Gasteiger partial charge in [-0.15, -0.1) is 0 Å². The van der Waals surface area contributed by atoms with Crippen LogP contribution in [0.25, 0.3) is 0 Å². The highest BCUT2D eigenvalue weighted by molar-refractivity contribution is 5.88. The molecule has 0 aliphatic heterocycles. The van der Waals surface area contributed by atoms with Crippen LogP contribution < -0.4 is 0 Å². The van der Waals surface area contributed by atoms with E-state index in [1.54, 1.807) is 0 Å². The normalized spacial score (nSPS) is 35.2. The third-order valence-electron chi connectivity index (χ3n) is 3.30. The summed E-state index contributed by atoms with van der Waals surface area (Å²) in [5.41, 5.74) is 0. The van der Waals surface area contributed by atoms with E-state index in [1.807, 2.05) is 0 Å². The van der Waals surface area contributed by atoms with Crippen molar-refractivity contribution in [2.75, 3.05) is 7.11 Å². The lowest BCUT2D eigenvalue weighted by atomic mass is 9.70. The van der Waals surface area contributed by atoms with Gasteiger partial charge in [0.05, 0.1) is 7.11 Å². The zero-order valence-corrected chi connectivity index (χ0v) is 10.0. The first-order chi connectivity index (χ1) is 7.04. The Labute approximate surface area is 92.4 Å². The molecule has 2 unspecified atom stereocenters. The molecule has 1 saturated carbocycles. The zero-order chi connectivity index (χ0) is 11.4. The van der Waals surface area contributed by atoms with Crippen LogP contribution in [0.15, 0.2) is 0 Å². The van der Waals surface area contributed by atoms with E-state index in [0.717, 1.165) is 5.92 Å². The van der Waals surface area contributed by atoms with Crippen molar-refractivity contribution < 1.29 is 9.53 Å². The number of rotatable bonds is 0. The van der Waals surface area contributed by atoms with Gasteiger partial charge in [-0.1, -0.05) is 26.7 Å². The van der Waals surface area contributed by atoms with E-state index in [-0.39, 0.29) is 0 Å². The Hall–Kier alpha value is -0.970. The van der Waals surface area contributed by atoms with Crippen molar-refractivity contribution in [1.29, 1.82) is 0 Å². The lowest BCUT2D eigenvalue weighted by molar-refractivity contribution is -0.133. The van der Waals surface area contributed by atoms with Crippen molar-refractivity contribution in [2.24, 2.45) is 23.7 Å². The van der Waals surface area contributed by atoms with Gasteiger partial charge >= 0.3 is 5.97 Å². The van der Waals surface area contributed by atoms with Gasteiger partial charge in [-0.2, -0.15) is 0 Å². The van der Waals surface area contributed by atoms with E-state index < -0.39 is 5.97 Å². The van der Waals surface area contributed by atoms with Crippen LogP contribution in [0.4, 0.5) is 0 Å². The van der Waals surface area contributed by atoms with E-state index in [2.05, 4.69) is 37.3 Å². The Balaban J connectivity index is 2.66. The standard InChI is InChI=1S/C13H20O2/c1-9-7-10(2)12(11(3)8-9)5-6-13(14)15-4/h9-12H,7-8H2,1-4H3. The summed E-state index contributed by atoms with van der Waals surface area (Å²) < 4.78 is 4.52. The molecule has 1 rings (SSSR count). The fourth-order valence-corrected chi connectivity index (χ4v) is 2.70. The van der Waals surface area contributed by atoms with Crippen LogP contribution in [0.2, 0.25) is 0 Å². The van der Waals surface area contributed by atoms with Gasteiger partial charge < -0.3 is 4.74 Å². The molecule has 0 aromatic carbocycles. The average molecular weight is 208 g/mol. The minimum Gasteiger partial charge on any atom is -0.459 e. The molecule has 2 atom stereocenters. The van der Waals surface area contributed by atoms with Crippen molar-refractivity contribution in [2.45, 2.75) is 33.6 Å². The molecule has 1 aliphatic carbocycles. The fourth-order valence-electron chi connectivity index (χ4n) is 2.70. The van der Waals surface area contributed by atoms with Crippen molar-refractivity contribution in [3.63, 3.8) is 0 Å². The summed E-state index contributed by atoms with van der Waals surface area (Å²) in [6.07, 6.45) is 2.43. The Morgan fingerprint density at radius 3 is 2.20 bits per heavy atom. The van der Waals surface area contributed by atoms with Crippen molar-refractivity contribution in [1.82, 2.24) is 0 Å². The van der Waals surface area contributed by atoms with Crippen LogP contribution in [-0.4, -0.2) is 13.1 Å². The van der Waals surface area contributed by atoms with Crippen molar-refractivity contribution >= 4 is 5.97 Å². The molecule has 0 amide bonds. The van der Waals surface area contributed by atoms with E-state index >= 15 is 0 Å². The Morgan fingerprint density at radius 2 is 1.73 bits per heavy atom. The maximum absolute atomic E-state index is 10.9. The molecule has 0 aromatic heterocycles. The minimum atomic E-state index is -0.423. The molecule has 15 heavy (non-hydrogen) atoms. The second-order valence-electron chi connectivity index (χ2n) is 4.82. The smallest absolute Gasteiger partial charge is 0.384 e. The number of carbonyl (C=O) groups is 1. The molecule has 0 aromatic rings. The molecule has 0 N–H and O–H groups in total. The maximum atomic E-state index is 10.9. The van der Waals surface area contributed by atoms with E-state index in [0.29, 0.717) is 17.8 Å². The van der Waals surface area contributed by atoms with Gasteiger partial charge in [-0.3, -0.25) is 0 Å². The molecule has 1 aliphatic rings. The van der Waals surface area contributed by atoms with E-state index in [9.17, 15) is 4.79 Å². The predicted molar refractivity (Wildman–Crippen MR) is 60.0 cm³/mol. The highest BCUT2D eigenvalue weighted by Gasteiger charge is 2.29. The monoisotopic (exact) mass is 208 g/mol. The molecule has 2 heteroatoms. The van der Waals surface area contributed by atoms with Crippen LogP contribution in [0.1, 0.15) is 33.6 Å². The first kappa shape index (κ1) is 12.1. The average Bonchev–Trinajstić information content (AvgIpc) is 2.15. The Bertz CT molecular complexity index is 273. The highest BCUT2D eigenvalue weighted by atomic mass is 16.5. The summed E-state index contributed by atoms with van der Waals surface area (Å²) in [6.45, 7) is 6.74. The van der Waals surface area contributed by atoms with Gasteiger partial charge in [0, 0.05) is 11.8 Å². The Morgan fingerprint density at radius 1 is 1.20 bits per heavy atom. The van der Waals surface area contributed by atoms with Crippen LogP contribution in [0.3, 0.4) is 0 Å². The van der Waals surface area contributed by atoms with Gasteiger partial charge in [-0.05, 0) is 30.6 Å². The largest absolute Gasteiger partial charge is 0.459 e. The molecule has 0 heterocycles. The molecule has 0 radical (unpaired) electrons. The van der Waals surface area contributed by atoms with Crippen molar-refractivity contribution in [3.05, 3.63) is 0 Å². The number of carbonyl (C=O) groups excluding carboxylic acids is 1. The van der Waals surface area contributed by atoms with Crippen LogP contribution >= 0.6 is 0 Å². The summed E-state index contributed by atoms with van der Waals surface area (Å²) in [4.78, 5) is 10.9. The molecule has 1 fully saturated rings. The molecule has 0 saturated heterocycles. The molecule has 0 spiro atoms. The maximum Gasteiger partial charge on any atom is 0.384 e. The number of hydrogen-bond acceptors (Lipinski definition) is 2. The number of hydrogen-bond donors (Lipinski definition) is 0. The Kier molecular flexibility index (Phi) is 4.20. The molecule has 2 nitrogen and oxygen atoms in total.